The lowest BCUT2D eigenvalue weighted by Crippen LogP contribution is -2.47. The smallest absolute Gasteiger partial charge is 0.315 e. The maximum absolute atomic E-state index is 11.7. The molecule has 5 nitrogen and oxygen atoms in total. The first-order valence-corrected chi connectivity index (χ1v) is 7.97. The highest BCUT2D eigenvalue weighted by Crippen LogP contribution is 2.14. The van der Waals surface area contributed by atoms with E-state index in [1.54, 1.807) is 11.8 Å². The standard InChI is InChI=1S/C14H21N3O2S/c1-20-13-4-2-11(3-5-13)8-16-14(18)17-10-12-9-15-6-7-19-12/h2-5,12,15H,6-10H2,1H3,(H2,16,17,18)/t12-/m0/s1. The predicted octanol–water partition coefficient (Wildman–Crippen LogP) is 1.20. The van der Waals surface area contributed by atoms with Crippen LogP contribution < -0.4 is 16.0 Å². The quantitative estimate of drug-likeness (QED) is 0.714. The molecule has 3 N–H and O–H groups in total. The Kier molecular flexibility index (Phi) is 6.17. The van der Waals surface area contributed by atoms with Gasteiger partial charge in [0.25, 0.3) is 0 Å². The molecule has 0 unspecified atom stereocenters. The number of amides is 2. The fourth-order valence-electron chi connectivity index (χ4n) is 1.95. The van der Waals surface area contributed by atoms with Crippen molar-refractivity contribution in [3.63, 3.8) is 0 Å². The molecule has 1 saturated heterocycles. The number of morpholine rings is 1. The molecule has 0 aromatic heterocycles. The number of carbonyl (C=O) groups excluding carboxylic acids is 1. The molecule has 1 atom stereocenters. The van der Waals surface area contributed by atoms with Crippen molar-refractivity contribution in [3.8, 4) is 0 Å². The monoisotopic (exact) mass is 295 g/mol. The maximum atomic E-state index is 11.7. The van der Waals surface area contributed by atoms with Gasteiger partial charge in [-0.1, -0.05) is 12.1 Å². The van der Waals surface area contributed by atoms with E-state index in [0.29, 0.717) is 19.7 Å². The maximum Gasteiger partial charge on any atom is 0.315 e. The van der Waals surface area contributed by atoms with Crippen LogP contribution in [0.4, 0.5) is 4.79 Å². The number of hydrogen-bond donors (Lipinski definition) is 3. The topological polar surface area (TPSA) is 62.4 Å². The summed E-state index contributed by atoms with van der Waals surface area (Å²) >= 11 is 1.71. The van der Waals surface area contributed by atoms with Gasteiger partial charge in [0.15, 0.2) is 0 Å². The molecule has 20 heavy (non-hydrogen) atoms. The fraction of sp³-hybridized carbons (Fsp3) is 0.500. The van der Waals surface area contributed by atoms with E-state index in [9.17, 15) is 4.79 Å². The van der Waals surface area contributed by atoms with Gasteiger partial charge in [-0.15, -0.1) is 11.8 Å². The van der Waals surface area contributed by atoms with Gasteiger partial charge in [-0.25, -0.2) is 4.79 Å². The van der Waals surface area contributed by atoms with Crippen LogP contribution in [0.15, 0.2) is 29.2 Å². The van der Waals surface area contributed by atoms with Crippen molar-refractivity contribution in [2.24, 2.45) is 0 Å². The van der Waals surface area contributed by atoms with Crippen molar-refractivity contribution < 1.29 is 9.53 Å². The van der Waals surface area contributed by atoms with Crippen LogP contribution in [0.2, 0.25) is 0 Å². The number of nitrogens with one attached hydrogen (secondary N) is 3. The van der Waals surface area contributed by atoms with E-state index in [1.165, 1.54) is 4.90 Å². The van der Waals surface area contributed by atoms with Gasteiger partial charge in [-0.05, 0) is 24.0 Å². The van der Waals surface area contributed by atoms with Gasteiger partial charge in [-0.3, -0.25) is 0 Å². The third-order valence-corrected chi connectivity index (χ3v) is 3.85. The van der Waals surface area contributed by atoms with Crippen LogP contribution in [0, 0.1) is 0 Å². The number of urea groups is 1. The van der Waals surface area contributed by atoms with Crippen molar-refractivity contribution in [1.29, 1.82) is 0 Å². The number of ether oxygens (including phenoxy) is 1. The zero-order valence-electron chi connectivity index (χ0n) is 11.6. The van der Waals surface area contributed by atoms with Gasteiger partial charge < -0.3 is 20.7 Å². The summed E-state index contributed by atoms with van der Waals surface area (Å²) in [6.07, 6.45) is 2.11. The molecule has 0 saturated carbocycles. The van der Waals surface area contributed by atoms with E-state index in [1.807, 2.05) is 18.4 Å². The summed E-state index contributed by atoms with van der Waals surface area (Å²) in [5, 5.41) is 8.90. The van der Waals surface area contributed by atoms with Crippen LogP contribution in [0.3, 0.4) is 0 Å². The number of hydrogen-bond acceptors (Lipinski definition) is 4. The summed E-state index contributed by atoms with van der Waals surface area (Å²) in [5.74, 6) is 0. The molecule has 0 spiro atoms. The van der Waals surface area contributed by atoms with Crippen molar-refractivity contribution in [2.45, 2.75) is 17.5 Å². The van der Waals surface area contributed by atoms with Crippen LogP contribution in [0.1, 0.15) is 5.56 Å². The Balaban J connectivity index is 1.66. The molecular formula is C14H21N3O2S. The van der Waals surface area contributed by atoms with E-state index in [0.717, 1.165) is 18.7 Å². The second-order valence-electron chi connectivity index (χ2n) is 4.61. The van der Waals surface area contributed by atoms with E-state index in [2.05, 4.69) is 28.1 Å². The first-order valence-electron chi connectivity index (χ1n) is 6.75. The first kappa shape index (κ1) is 15.2. The molecule has 1 aromatic carbocycles. The lowest BCUT2D eigenvalue weighted by Gasteiger charge is -2.23. The van der Waals surface area contributed by atoms with E-state index in [-0.39, 0.29) is 12.1 Å². The van der Waals surface area contributed by atoms with Gasteiger partial charge in [0.2, 0.25) is 0 Å². The Morgan fingerprint density at radius 1 is 1.40 bits per heavy atom. The van der Waals surface area contributed by atoms with Crippen molar-refractivity contribution >= 4 is 17.8 Å². The van der Waals surface area contributed by atoms with Gasteiger partial charge in [0.05, 0.1) is 12.7 Å². The zero-order valence-corrected chi connectivity index (χ0v) is 12.5. The number of thioether (sulfide) groups is 1. The summed E-state index contributed by atoms with van der Waals surface area (Å²) in [5.41, 5.74) is 1.09. The van der Waals surface area contributed by atoms with Gasteiger partial charge in [0, 0.05) is 31.1 Å². The highest BCUT2D eigenvalue weighted by Gasteiger charge is 2.13. The Morgan fingerprint density at radius 2 is 2.20 bits per heavy atom. The summed E-state index contributed by atoms with van der Waals surface area (Å²) in [6.45, 7) is 3.44. The summed E-state index contributed by atoms with van der Waals surface area (Å²) in [4.78, 5) is 12.9. The number of benzene rings is 1. The normalized spacial score (nSPS) is 18.6. The Bertz CT molecular complexity index is 419. The molecule has 1 aliphatic rings. The Hall–Kier alpha value is -1.24. The molecule has 1 heterocycles. The third-order valence-electron chi connectivity index (χ3n) is 3.11. The highest BCUT2D eigenvalue weighted by molar-refractivity contribution is 7.98. The van der Waals surface area contributed by atoms with Gasteiger partial charge in [0.1, 0.15) is 0 Å². The molecule has 1 aliphatic heterocycles. The van der Waals surface area contributed by atoms with Gasteiger partial charge in [-0.2, -0.15) is 0 Å². The summed E-state index contributed by atoms with van der Waals surface area (Å²) in [6, 6.07) is 8.01. The zero-order chi connectivity index (χ0) is 14.2. The molecule has 0 radical (unpaired) electrons. The molecule has 1 aromatic rings. The van der Waals surface area contributed by atoms with Gasteiger partial charge >= 0.3 is 6.03 Å². The Morgan fingerprint density at radius 3 is 2.85 bits per heavy atom. The van der Waals surface area contributed by atoms with E-state index >= 15 is 0 Å². The molecule has 0 bridgehead atoms. The molecule has 2 amide bonds. The van der Waals surface area contributed by atoms with E-state index < -0.39 is 0 Å². The predicted molar refractivity (Wildman–Crippen MR) is 81.1 cm³/mol. The minimum atomic E-state index is -0.159. The molecular weight excluding hydrogens is 274 g/mol. The SMILES string of the molecule is CSc1ccc(CNC(=O)NC[C@@H]2CNCCO2)cc1. The molecule has 2 rings (SSSR count). The van der Waals surface area contributed by atoms with Crippen LogP contribution in [-0.4, -0.2) is 44.6 Å². The van der Waals surface area contributed by atoms with Crippen LogP contribution in [-0.2, 0) is 11.3 Å². The molecule has 6 heteroatoms. The van der Waals surface area contributed by atoms with E-state index in [4.69, 9.17) is 4.74 Å². The minimum absolute atomic E-state index is 0.0652. The van der Waals surface area contributed by atoms with Crippen LogP contribution in [0.25, 0.3) is 0 Å². The lowest BCUT2D eigenvalue weighted by molar-refractivity contribution is 0.0307. The average Bonchev–Trinajstić information content (AvgIpc) is 2.52. The molecule has 1 fully saturated rings. The summed E-state index contributed by atoms with van der Waals surface area (Å²) < 4.78 is 5.51. The number of carbonyl (C=O) groups is 1. The second-order valence-corrected chi connectivity index (χ2v) is 5.49. The van der Waals surface area contributed by atoms with Crippen LogP contribution in [0.5, 0.6) is 0 Å². The van der Waals surface area contributed by atoms with Crippen molar-refractivity contribution in [1.82, 2.24) is 16.0 Å². The fourth-order valence-corrected chi connectivity index (χ4v) is 2.35. The Labute approximate surface area is 123 Å². The van der Waals surface area contributed by atoms with Crippen molar-refractivity contribution in [3.05, 3.63) is 29.8 Å². The lowest BCUT2D eigenvalue weighted by atomic mass is 10.2. The number of rotatable bonds is 5. The second kappa shape index (κ2) is 8.14. The highest BCUT2D eigenvalue weighted by atomic mass is 32.2. The largest absolute Gasteiger partial charge is 0.374 e. The molecule has 110 valence electrons. The third kappa shape index (κ3) is 5.03. The summed E-state index contributed by atoms with van der Waals surface area (Å²) in [7, 11) is 0. The minimum Gasteiger partial charge on any atom is -0.374 e. The first-order chi connectivity index (χ1) is 9.78. The van der Waals surface area contributed by atoms with Crippen LogP contribution >= 0.6 is 11.8 Å². The van der Waals surface area contributed by atoms with Crippen molar-refractivity contribution in [2.75, 3.05) is 32.5 Å². The molecule has 0 aliphatic carbocycles. The average molecular weight is 295 g/mol.